The first-order chi connectivity index (χ1) is 6.22. The standard InChI is InChI=1S/C9H18N2O2/c1-11(6-7-12)5-4-9(13)10-8-2-3-8/h8,12H,2-7H2,1H3,(H,10,13). The summed E-state index contributed by atoms with van der Waals surface area (Å²) in [4.78, 5) is 13.2. The highest BCUT2D eigenvalue weighted by molar-refractivity contribution is 5.76. The average Bonchev–Trinajstić information content (AvgIpc) is 2.85. The van der Waals surface area contributed by atoms with E-state index >= 15 is 0 Å². The molecule has 1 rings (SSSR count). The van der Waals surface area contributed by atoms with Crippen LogP contribution in [0.3, 0.4) is 0 Å². The van der Waals surface area contributed by atoms with Gasteiger partial charge in [0.15, 0.2) is 0 Å². The number of carbonyl (C=O) groups is 1. The van der Waals surface area contributed by atoms with Crippen LogP contribution >= 0.6 is 0 Å². The van der Waals surface area contributed by atoms with E-state index in [1.807, 2.05) is 11.9 Å². The minimum Gasteiger partial charge on any atom is -0.395 e. The summed E-state index contributed by atoms with van der Waals surface area (Å²) in [5.41, 5.74) is 0. The van der Waals surface area contributed by atoms with Gasteiger partial charge in [-0.3, -0.25) is 4.79 Å². The number of aliphatic hydroxyl groups is 1. The summed E-state index contributed by atoms with van der Waals surface area (Å²) in [6, 6.07) is 0.454. The predicted molar refractivity (Wildman–Crippen MR) is 50.4 cm³/mol. The fourth-order valence-electron chi connectivity index (χ4n) is 1.10. The summed E-state index contributed by atoms with van der Waals surface area (Å²) >= 11 is 0. The van der Waals surface area contributed by atoms with E-state index in [0.29, 0.717) is 19.0 Å². The molecule has 0 aliphatic heterocycles. The van der Waals surface area contributed by atoms with Crippen molar-refractivity contribution in [1.82, 2.24) is 10.2 Å². The average molecular weight is 186 g/mol. The first kappa shape index (κ1) is 10.5. The van der Waals surface area contributed by atoms with Crippen LogP contribution in [0.15, 0.2) is 0 Å². The molecule has 0 bridgehead atoms. The van der Waals surface area contributed by atoms with Crippen molar-refractivity contribution >= 4 is 5.91 Å². The summed E-state index contributed by atoms with van der Waals surface area (Å²) in [6.45, 7) is 1.51. The zero-order valence-electron chi connectivity index (χ0n) is 8.12. The van der Waals surface area contributed by atoms with Crippen molar-refractivity contribution in [3.63, 3.8) is 0 Å². The van der Waals surface area contributed by atoms with Gasteiger partial charge in [-0.2, -0.15) is 0 Å². The van der Waals surface area contributed by atoms with Crippen molar-refractivity contribution in [3.8, 4) is 0 Å². The number of carbonyl (C=O) groups excluding carboxylic acids is 1. The van der Waals surface area contributed by atoms with Crippen LogP contribution < -0.4 is 5.32 Å². The molecule has 0 aromatic rings. The van der Waals surface area contributed by atoms with E-state index in [4.69, 9.17) is 5.11 Å². The van der Waals surface area contributed by atoms with Gasteiger partial charge in [0.25, 0.3) is 0 Å². The minimum atomic E-state index is 0.132. The lowest BCUT2D eigenvalue weighted by Gasteiger charge is -2.14. The Kier molecular flexibility index (Phi) is 4.18. The molecule has 0 saturated heterocycles. The van der Waals surface area contributed by atoms with Crippen LogP contribution in [-0.2, 0) is 4.79 Å². The molecule has 13 heavy (non-hydrogen) atoms. The molecule has 1 amide bonds. The van der Waals surface area contributed by atoms with Crippen molar-refractivity contribution in [2.75, 3.05) is 26.7 Å². The lowest BCUT2D eigenvalue weighted by atomic mass is 10.3. The number of rotatable bonds is 6. The highest BCUT2D eigenvalue weighted by Crippen LogP contribution is 2.18. The van der Waals surface area contributed by atoms with E-state index in [-0.39, 0.29) is 12.5 Å². The number of hydrogen-bond acceptors (Lipinski definition) is 3. The highest BCUT2D eigenvalue weighted by atomic mass is 16.3. The van der Waals surface area contributed by atoms with Crippen LogP contribution in [-0.4, -0.2) is 48.7 Å². The van der Waals surface area contributed by atoms with Crippen LogP contribution in [0.1, 0.15) is 19.3 Å². The van der Waals surface area contributed by atoms with Crippen LogP contribution in [0, 0.1) is 0 Å². The van der Waals surface area contributed by atoms with E-state index in [0.717, 1.165) is 19.4 Å². The molecule has 1 aliphatic carbocycles. The third-order valence-electron chi connectivity index (χ3n) is 2.14. The van der Waals surface area contributed by atoms with Crippen molar-refractivity contribution < 1.29 is 9.90 Å². The fraction of sp³-hybridized carbons (Fsp3) is 0.889. The number of hydrogen-bond donors (Lipinski definition) is 2. The third-order valence-corrected chi connectivity index (χ3v) is 2.14. The maximum absolute atomic E-state index is 11.2. The number of nitrogens with one attached hydrogen (secondary N) is 1. The molecule has 0 heterocycles. The van der Waals surface area contributed by atoms with Gasteiger partial charge in [0.05, 0.1) is 6.61 Å². The van der Waals surface area contributed by atoms with Crippen LogP contribution in [0.25, 0.3) is 0 Å². The Bertz CT molecular complexity index is 169. The number of aliphatic hydroxyl groups excluding tert-OH is 1. The minimum absolute atomic E-state index is 0.132. The van der Waals surface area contributed by atoms with E-state index < -0.39 is 0 Å². The topological polar surface area (TPSA) is 52.6 Å². The van der Waals surface area contributed by atoms with Crippen LogP contribution in [0.4, 0.5) is 0 Å². The molecule has 0 spiro atoms. The molecule has 1 saturated carbocycles. The monoisotopic (exact) mass is 186 g/mol. The Labute approximate surface area is 78.9 Å². The second-order valence-corrected chi connectivity index (χ2v) is 3.62. The molecule has 1 aliphatic rings. The van der Waals surface area contributed by atoms with E-state index in [9.17, 15) is 4.79 Å². The summed E-state index contributed by atoms with van der Waals surface area (Å²) in [6.07, 6.45) is 2.81. The summed E-state index contributed by atoms with van der Waals surface area (Å²) in [5.74, 6) is 0.132. The molecule has 1 fully saturated rings. The molecular formula is C9H18N2O2. The second kappa shape index (κ2) is 5.19. The molecule has 4 nitrogen and oxygen atoms in total. The Morgan fingerprint density at radius 3 is 2.77 bits per heavy atom. The van der Waals surface area contributed by atoms with Gasteiger partial charge in [0.2, 0.25) is 5.91 Å². The van der Waals surface area contributed by atoms with Gasteiger partial charge >= 0.3 is 0 Å². The van der Waals surface area contributed by atoms with Gasteiger partial charge in [-0.1, -0.05) is 0 Å². The van der Waals surface area contributed by atoms with Gasteiger partial charge in [0.1, 0.15) is 0 Å². The summed E-state index contributed by atoms with van der Waals surface area (Å²) < 4.78 is 0. The molecule has 0 unspecified atom stereocenters. The maximum atomic E-state index is 11.2. The molecule has 0 atom stereocenters. The molecular weight excluding hydrogens is 168 g/mol. The molecule has 76 valence electrons. The first-order valence-corrected chi connectivity index (χ1v) is 4.81. The smallest absolute Gasteiger partial charge is 0.221 e. The molecule has 0 aromatic carbocycles. The number of nitrogens with zero attached hydrogens (tertiary/aromatic N) is 1. The van der Waals surface area contributed by atoms with Gasteiger partial charge in [-0.25, -0.2) is 0 Å². The van der Waals surface area contributed by atoms with E-state index in [1.54, 1.807) is 0 Å². The maximum Gasteiger partial charge on any atom is 0.221 e. The van der Waals surface area contributed by atoms with Crippen molar-refractivity contribution in [1.29, 1.82) is 0 Å². The van der Waals surface area contributed by atoms with E-state index in [2.05, 4.69) is 5.32 Å². The summed E-state index contributed by atoms with van der Waals surface area (Å²) in [5, 5.41) is 11.5. The van der Waals surface area contributed by atoms with Crippen molar-refractivity contribution in [3.05, 3.63) is 0 Å². The third kappa shape index (κ3) is 4.85. The largest absolute Gasteiger partial charge is 0.395 e. The van der Waals surface area contributed by atoms with Gasteiger partial charge in [-0.15, -0.1) is 0 Å². The Hall–Kier alpha value is -0.610. The summed E-state index contributed by atoms with van der Waals surface area (Å²) in [7, 11) is 1.90. The Morgan fingerprint density at radius 2 is 2.23 bits per heavy atom. The lowest BCUT2D eigenvalue weighted by Crippen LogP contribution is -2.31. The van der Waals surface area contributed by atoms with Gasteiger partial charge in [-0.05, 0) is 19.9 Å². The second-order valence-electron chi connectivity index (χ2n) is 3.62. The number of likely N-dealkylation sites (N-methyl/N-ethyl adjacent to an activating group) is 1. The normalized spacial score (nSPS) is 16.2. The quantitative estimate of drug-likeness (QED) is 0.592. The van der Waals surface area contributed by atoms with E-state index in [1.165, 1.54) is 0 Å². The van der Waals surface area contributed by atoms with Gasteiger partial charge in [0, 0.05) is 25.6 Å². The van der Waals surface area contributed by atoms with Crippen LogP contribution in [0.2, 0.25) is 0 Å². The van der Waals surface area contributed by atoms with Crippen molar-refractivity contribution in [2.45, 2.75) is 25.3 Å². The van der Waals surface area contributed by atoms with Crippen molar-refractivity contribution in [2.24, 2.45) is 0 Å². The molecule has 4 heteroatoms. The highest BCUT2D eigenvalue weighted by Gasteiger charge is 2.22. The zero-order valence-corrected chi connectivity index (χ0v) is 8.12. The van der Waals surface area contributed by atoms with Crippen LogP contribution in [0.5, 0.6) is 0 Å². The zero-order chi connectivity index (χ0) is 9.68. The SMILES string of the molecule is CN(CCO)CCC(=O)NC1CC1. The lowest BCUT2D eigenvalue weighted by molar-refractivity contribution is -0.121. The molecule has 0 radical (unpaired) electrons. The molecule has 2 N–H and O–H groups in total. The van der Waals surface area contributed by atoms with Gasteiger partial charge < -0.3 is 15.3 Å². The fourth-order valence-corrected chi connectivity index (χ4v) is 1.10. The number of amides is 1. The predicted octanol–water partition coefficient (Wildman–Crippen LogP) is -0.421. The first-order valence-electron chi connectivity index (χ1n) is 4.81. The molecule has 0 aromatic heterocycles. The Balaban J connectivity index is 1.99. The Morgan fingerprint density at radius 1 is 1.54 bits per heavy atom.